The molecule has 0 N–H and O–H groups in total. The van der Waals surface area contributed by atoms with Crippen LogP contribution >= 0.6 is 0 Å². The van der Waals surface area contributed by atoms with Crippen molar-refractivity contribution in [3.05, 3.63) is 23.3 Å². The smallest absolute Gasteiger partial charge is 0.282 e. The van der Waals surface area contributed by atoms with Crippen molar-refractivity contribution in [2.24, 2.45) is 0 Å². The zero-order valence-electron chi connectivity index (χ0n) is 17.6. The topological polar surface area (TPSA) is 95.9 Å². The van der Waals surface area contributed by atoms with Crippen molar-refractivity contribution in [1.29, 1.82) is 0 Å². The van der Waals surface area contributed by atoms with Gasteiger partial charge in [-0.1, -0.05) is 0 Å². The number of carbonyl (C=O) groups is 1. The van der Waals surface area contributed by atoms with E-state index >= 15 is 0 Å². The molecule has 30 heavy (non-hydrogen) atoms. The number of aromatic nitrogens is 2. The summed E-state index contributed by atoms with van der Waals surface area (Å²) in [4.78, 5) is 23.8. The highest BCUT2D eigenvalue weighted by atomic mass is 32.2. The predicted molar refractivity (Wildman–Crippen MR) is 111 cm³/mol. The summed E-state index contributed by atoms with van der Waals surface area (Å²) in [6.07, 6.45) is 6.49. The first-order chi connectivity index (χ1) is 14.5. The highest BCUT2D eigenvalue weighted by molar-refractivity contribution is 7.86. The minimum atomic E-state index is -3.50. The lowest BCUT2D eigenvalue weighted by Gasteiger charge is -2.36. The maximum Gasteiger partial charge on any atom is 0.282 e. The molecular formula is C20H31N5O4S. The average molecular weight is 438 g/mol. The van der Waals surface area contributed by atoms with Crippen molar-refractivity contribution < 1.29 is 17.9 Å². The second kappa shape index (κ2) is 9.25. The van der Waals surface area contributed by atoms with E-state index in [9.17, 15) is 13.2 Å². The zero-order valence-corrected chi connectivity index (χ0v) is 18.4. The molecule has 0 radical (unpaired) electrons. The molecule has 1 amide bonds. The van der Waals surface area contributed by atoms with Crippen LogP contribution in [0.15, 0.2) is 6.20 Å². The van der Waals surface area contributed by atoms with Crippen molar-refractivity contribution in [1.82, 2.24) is 23.5 Å². The van der Waals surface area contributed by atoms with Crippen LogP contribution in [0.4, 0.5) is 0 Å². The van der Waals surface area contributed by atoms with Crippen LogP contribution in [-0.4, -0.2) is 90.3 Å². The molecule has 0 unspecified atom stereocenters. The molecule has 0 saturated carbocycles. The third-order valence-electron chi connectivity index (χ3n) is 6.24. The molecule has 0 aromatic carbocycles. The van der Waals surface area contributed by atoms with Crippen molar-refractivity contribution >= 4 is 16.1 Å². The molecule has 10 heteroatoms. The molecule has 1 aromatic heterocycles. The van der Waals surface area contributed by atoms with E-state index in [1.807, 2.05) is 11.8 Å². The number of hydrogen-bond acceptors (Lipinski definition) is 6. The molecule has 0 aliphatic carbocycles. The second-order valence-corrected chi connectivity index (χ2v) is 10.2. The summed E-state index contributed by atoms with van der Waals surface area (Å²) < 4.78 is 34.4. The van der Waals surface area contributed by atoms with E-state index in [0.29, 0.717) is 56.5 Å². The number of morpholine rings is 1. The lowest BCUT2D eigenvalue weighted by atomic mass is 9.98. The normalized spacial score (nSPS) is 24.7. The van der Waals surface area contributed by atoms with E-state index in [4.69, 9.17) is 4.74 Å². The van der Waals surface area contributed by atoms with Gasteiger partial charge in [-0.2, -0.15) is 17.0 Å². The highest BCUT2D eigenvalue weighted by Crippen LogP contribution is 2.28. The van der Waals surface area contributed by atoms with Gasteiger partial charge in [0.1, 0.15) is 5.82 Å². The average Bonchev–Trinajstić information content (AvgIpc) is 2.80. The van der Waals surface area contributed by atoms with Crippen LogP contribution in [0, 0.1) is 6.92 Å². The Morgan fingerprint density at radius 3 is 2.47 bits per heavy atom. The maximum absolute atomic E-state index is 13.0. The van der Waals surface area contributed by atoms with E-state index < -0.39 is 10.2 Å². The van der Waals surface area contributed by atoms with Gasteiger partial charge >= 0.3 is 0 Å². The van der Waals surface area contributed by atoms with Gasteiger partial charge in [0.05, 0.1) is 24.5 Å². The minimum Gasteiger partial charge on any atom is -0.379 e. The number of rotatable bonds is 4. The first kappa shape index (κ1) is 21.6. The number of carbonyl (C=O) groups excluding carboxylic acids is 1. The molecule has 3 fully saturated rings. The monoisotopic (exact) mass is 437 g/mol. The van der Waals surface area contributed by atoms with Crippen molar-refractivity contribution in [3.63, 3.8) is 0 Å². The van der Waals surface area contributed by atoms with Gasteiger partial charge in [0, 0.05) is 51.4 Å². The molecule has 3 aliphatic rings. The maximum atomic E-state index is 13.0. The van der Waals surface area contributed by atoms with Crippen molar-refractivity contribution in [2.45, 2.75) is 44.9 Å². The van der Waals surface area contributed by atoms with Gasteiger partial charge in [0.15, 0.2) is 0 Å². The van der Waals surface area contributed by atoms with Crippen LogP contribution < -0.4 is 0 Å². The Bertz CT molecular complexity index is 866. The molecule has 4 heterocycles. The molecular weight excluding hydrogens is 406 g/mol. The molecule has 3 aliphatic heterocycles. The van der Waals surface area contributed by atoms with Crippen molar-refractivity contribution in [3.8, 4) is 0 Å². The number of nitrogens with zero attached hydrogens (tertiary/aromatic N) is 5. The van der Waals surface area contributed by atoms with Gasteiger partial charge in [-0.05, 0) is 39.0 Å². The SMILES string of the molecule is Cc1nc([C@H]2CCCN(S(=O)(=O)N3CCOCC3)C2)ncc1C(=O)N1CCCCC1. The van der Waals surface area contributed by atoms with Crippen LogP contribution in [0.1, 0.15) is 59.9 Å². The number of aryl methyl sites for hydroxylation is 1. The Labute approximate surface area is 178 Å². The third kappa shape index (κ3) is 4.51. The Kier molecular flexibility index (Phi) is 6.66. The number of hydrogen-bond donors (Lipinski definition) is 0. The lowest BCUT2D eigenvalue weighted by molar-refractivity contribution is 0.0695. The quantitative estimate of drug-likeness (QED) is 0.702. The molecule has 1 atom stereocenters. The Balaban J connectivity index is 1.47. The summed E-state index contributed by atoms with van der Waals surface area (Å²) in [5.74, 6) is 0.566. The van der Waals surface area contributed by atoms with Gasteiger partial charge in [-0.25, -0.2) is 9.97 Å². The Morgan fingerprint density at radius 1 is 1.03 bits per heavy atom. The fraction of sp³-hybridized carbons (Fsp3) is 0.750. The molecule has 1 aromatic rings. The van der Waals surface area contributed by atoms with E-state index in [-0.39, 0.29) is 11.8 Å². The summed E-state index contributed by atoms with van der Waals surface area (Å²) >= 11 is 0. The number of ether oxygens (including phenoxy) is 1. The lowest BCUT2D eigenvalue weighted by Crippen LogP contribution is -2.51. The first-order valence-corrected chi connectivity index (χ1v) is 12.3. The van der Waals surface area contributed by atoms with E-state index in [0.717, 1.165) is 38.8 Å². The number of amides is 1. The standard InChI is InChI=1S/C20H31N5O4S/c1-16-18(20(26)23-7-3-2-4-8-23)14-21-19(22-16)17-6-5-9-25(15-17)30(27,28)24-10-12-29-13-11-24/h14,17H,2-13,15H2,1H3/t17-/m0/s1. The Hall–Kier alpha value is -1.62. The summed E-state index contributed by atoms with van der Waals surface area (Å²) in [6, 6.07) is 0. The van der Waals surface area contributed by atoms with Gasteiger partial charge < -0.3 is 9.64 Å². The van der Waals surface area contributed by atoms with E-state index in [2.05, 4.69) is 9.97 Å². The number of likely N-dealkylation sites (tertiary alicyclic amines) is 1. The zero-order chi connectivity index (χ0) is 21.1. The fourth-order valence-corrected chi connectivity index (χ4v) is 6.13. The minimum absolute atomic E-state index is 0.00100. The molecule has 3 saturated heterocycles. The van der Waals surface area contributed by atoms with Crippen LogP contribution in [0.5, 0.6) is 0 Å². The summed E-state index contributed by atoms with van der Waals surface area (Å²) in [7, 11) is -3.50. The first-order valence-electron chi connectivity index (χ1n) is 10.9. The second-order valence-electron chi connectivity index (χ2n) is 8.30. The Morgan fingerprint density at radius 2 is 1.77 bits per heavy atom. The largest absolute Gasteiger partial charge is 0.379 e. The summed E-state index contributed by atoms with van der Waals surface area (Å²) in [5, 5.41) is 0. The molecule has 0 bridgehead atoms. The van der Waals surface area contributed by atoms with Gasteiger partial charge in [0.2, 0.25) is 0 Å². The van der Waals surface area contributed by atoms with E-state index in [1.54, 1.807) is 10.5 Å². The predicted octanol–water partition coefficient (Wildman–Crippen LogP) is 1.17. The van der Waals surface area contributed by atoms with Gasteiger partial charge in [0.25, 0.3) is 16.1 Å². The summed E-state index contributed by atoms with van der Waals surface area (Å²) in [6.45, 7) is 5.97. The molecule has 0 spiro atoms. The fourth-order valence-electron chi connectivity index (χ4n) is 4.46. The van der Waals surface area contributed by atoms with Crippen molar-refractivity contribution in [2.75, 3.05) is 52.5 Å². The highest BCUT2D eigenvalue weighted by Gasteiger charge is 2.36. The van der Waals surface area contributed by atoms with E-state index in [1.165, 1.54) is 10.7 Å². The number of piperidine rings is 2. The van der Waals surface area contributed by atoms with Gasteiger partial charge in [-0.15, -0.1) is 0 Å². The van der Waals surface area contributed by atoms with Crippen LogP contribution in [0.2, 0.25) is 0 Å². The third-order valence-corrected chi connectivity index (χ3v) is 8.25. The molecule has 166 valence electrons. The molecule has 9 nitrogen and oxygen atoms in total. The van der Waals surface area contributed by atoms with Gasteiger partial charge in [-0.3, -0.25) is 4.79 Å². The van der Waals surface area contributed by atoms with Crippen LogP contribution in [-0.2, 0) is 14.9 Å². The van der Waals surface area contributed by atoms with Crippen LogP contribution in [0.3, 0.4) is 0 Å². The van der Waals surface area contributed by atoms with Crippen LogP contribution in [0.25, 0.3) is 0 Å². The summed E-state index contributed by atoms with van der Waals surface area (Å²) in [5.41, 5.74) is 1.22. The molecule has 4 rings (SSSR count).